The van der Waals surface area contributed by atoms with E-state index in [2.05, 4.69) is 10.4 Å². The normalized spacial score (nSPS) is 11.6. The van der Waals surface area contributed by atoms with Gasteiger partial charge >= 0.3 is 5.97 Å². The molecule has 1 aromatic carbocycles. The molecular formula is C20H25N3O5. The Bertz CT molecular complexity index is 907. The molecule has 150 valence electrons. The largest absolute Gasteiger partial charge is 0.495 e. The topological polar surface area (TPSA) is 99.5 Å². The molecule has 2 rings (SSSR count). The summed E-state index contributed by atoms with van der Waals surface area (Å²) in [5.41, 5.74) is 1.12. The van der Waals surface area contributed by atoms with E-state index in [0.717, 1.165) is 18.4 Å². The van der Waals surface area contributed by atoms with Gasteiger partial charge in [-0.3, -0.25) is 9.59 Å². The van der Waals surface area contributed by atoms with Crippen LogP contribution in [0.4, 0.5) is 5.69 Å². The summed E-state index contributed by atoms with van der Waals surface area (Å²) in [6.07, 6.45) is 0.598. The lowest BCUT2D eigenvalue weighted by molar-refractivity contribution is -0.123. The highest BCUT2D eigenvalue weighted by molar-refractivity contribution is 5.97. The van der Waals surface area contributed by atoms with E-state index in [1.54, 1.807) is 12.1 Å². The zero-order chi connectivity index (χ0) is 20.7. The van der Waals surface area contributed by atoms with Gasteiger partial charge in [-0.1, -0.05) is 19.4 Å². The molecule has 1 amide bonds. The molecule has 1 heterocycles. The predicted octanol–water partition coefficient (Wildman–Crippen LogP) is 2.54. The molecule has 0 saturated heterocycles. The number of nitrogens with zero attached hydrogens (tertiary/aromatic N) is 2. The second-order valence-electron chi connectivity index (χ2n) is 6.37. The van der Waals surface area contributed by atoms with Gasteiger partial charge < -0.3 is 14.8 Å². The number of unbranched alkanes of at least 4 members (excludes halogenated alkanes) is 1. The van der Waals surface area contributed by atoms with Gasteiger partial charge in [0.15, 0.2) is 11.8 Å². The minimum absolute atomic E-state index is 0.0245. The van der Waals surface area contributed by atoms with E-state index in [0.29, 0.717) is 18.0 Å². The molecule has 0 radical (unpaired) electrons. The van der Waals surface area contributed by atoms with Gasteiger partial charge in [-0.05, 0) is 44.0 Å². The van der Waals surface area contributed by atoms with Crippen LogP contribution in [0.25, 0.3) is 0 Å². The number of carbonyl (C=O) groups excluding carboxylic acids is 2. The molecule has 1 unspecified atom stereocenters. The quantitative estimate of drug-likeness (QED) is 0.699. The van der Waals surface area contributed by atoms with Gasteiger partial charge in [0, 0.05) is 12.6 Å². The maximum absolute atomic E-state index is 12.4. The van der Waals surface area contributed by atoms with E-state index in [1.807, 2.05) is 19.9 Å². The van der Waals surface area contributed by atoms with Crippen LogP contribution in [0.2, 0.25) is 0 Å². The average molecular weight is 387 g/mol. The summed E-state index contributed by atoms with van der Waals surface area (Å²) in [5.74, 6) is -0.775. The first kappa shape index (κ1) is 21.1. The average Bonchev–Trinajstić information content (AvgIpc) is 2.67. The molecule has 0 bridgehead atoms. The number of ether oxygens (including phenoxy) is 2. The van der Waals surface area contributed by atoms with Crippen molar-refractivity contribution in [2.24, 2.45) is 0 Å². The predicted molar refractivity (Wildman–Crippen MR) is 105 cm³/mol. The first-order valence-corrected chi connectivity index (χ1v) is 9.10. The molecule has 0 fully saturated rings. The van der Waals surface area contributed by atoms with Crippen molar-refractivity contribution in [3.63, 3.8) is 0 Å². The second-order valence-corrected chi connectivity index (χ2v) is 6.37. The molecule has 1 aromatic heterocycles. The fraction of sp³-hybridized carbons (Fsp3) is 0.400. The van der Waals surface area contributed by atoms with Crippen LogP contribution in [0.3, 0.4) is 0 Å². The molecule has 0 aliphatic carbocycles. The first-order chi connectivity index (χ1) is 13.3. The Balaban J connectivity index is 2.07. The Morgan fingerprint density at radius 3 is 2.68 bits per heavy atom. The highest BCUT2D eigenvalue weighted by Crippen LogP contribution is 2.25. The minimum atomic E-state index is -1.06. The van der Waals surface area contributed by atoms with Crippen LogP contribution in [0.1, 0.15) is 42.7 Å². The van der Waals surface area contributed by atoms with Crippen molar-refractivity contribution in [1.82, 2.24) is 9.78 Å². The third-order valence-electron chi connectivity index (χ3n) is 4.07. The Morgan fingerprint density at radius 1 is 1.25 bits per heavy atom. The number of carbonyl (C=O) groups is 2. The lowest BCUT2D eigenvalue weighted by Crippen LogP contribution is -2.31. The van der Waals surface area contributed by atoms with Crippen molar-refractivity contribution in [1.29, 1.82) is 0 Å². The summed E-state index contributed by atoms with van der Waals surface area (Å²) in [6, 6.07) is 7.92. The third kappa shape index (κ3) is 5.42. The third-order valence-corrected chi connectivity index (χ3v) is 4.07. The molecule has 2 aromatic rings. The zero-order valence-corrected chi connectivity index (χ0v) is 16.5. The summed E-state index contributed by atoms with van der Waals surface area (Å²) in [5, 5.41) is 6.71. The molecule has 0 spiro atoms. The van der Waals surface area contributed by atoms with Crippen molar-refractivity contribution in [3.05, 3.63) is 51.9 Å². The fourth-order valence-corrected chi connectivity index (χ4v) is 2.45. The van der Waals surface area contributed by atoms with E-state index in [4.69, 9.17) is 9.47 Å². The molecule has 0 aliphatic heterocycles. The molecule has 8 nitrogen and oxygen atoms in total. The van der Waals surface area contributed by atoms with E-state index in [9.17, 15) is 14.4 Å². The van der Waals surface area contributed by atoms with Crippen LogP contribution in [0, 0.1) is 6.92 Å². The van der Waals surface area contributed by atoms with Crippen LogP contribution in [0.15, 0.2) is 35.1 Å². The lowest BCUT2D eigenvalue weighted by atomic mass is 10.2. The van der Waals surface area contributed by atoms with Crippen LogP contribution in [-0.4, -0.2) is 34.9 Å². The standard InChI is InChI=1S/C20H25N3O5/c1-5-6-11-23-18(24)10-8-15(22-23)20(26)28-14(3)19(25)21-16-12-13(2)7-9-17(16)27-4/h7-10,12,14H,5-6,11H2,1-4H3,(H,21,25). The Morgan fingerprint density at radius 2 is 2.00 bits per heavy atom. The molecular weight excluding hydrogens is 362 g/mol. The first-order valence-electron chi connectivity index (χ1n) is 9.10. The van der Waals surface area contributed by atoms with Crippen LogP contribution >= 0.6 is 0 Å². The van der Waals surface area contributed by atoms with Gasteiger partial charge in [0.2, 0.25) is 0 Å². The molecule has 28 heavy (non-hydrogen) atoms. The summed E-state index contributed by atoms with van der Waals surface area (Å²) in [4.78, 5) is 36.5. The van der Waals surface area contributed by atoms with Gasteiger partial charge in [-0.15, -0.1) is 0 Å². The second kappa shape index (κ2) is 9.68. The number of benzene rings is 1. The maximum atomic E-state index is 12.4. The zero-order valence-electron chi connectivity index (χ0n) is 16.5. The van der Waals surface area contributed by atoms with Crippen LogP contribution in [0.5, 0.6) is 5.75 Å². The van der Waals surface area contributed by atoms with Crippen LogP contribution < -0.4 is 15.6 Å². The van der Waals surface area contributed by atoms with E-state index in [-0.39, 0.29) is 11.3 Å². The number of rotatable bonds is 8. The number of aryl methyl sites for hydroxylation is 2. The summed E-state index contributed by atoms with van der Waals surface area (Å²) in [6.45, 7) is 5.76. The molecule has 0 saturated carbocycles. The summed E-state index contributed by atoms with van der Waals surface area (Å²) < 4.78 is 11.7. The molecule has 1 N–H and O–H groups in total. The molecule has 1 atom stereocenters. The van der Waals surface area contributed by atoms with Crippen molar-refractivity contribution >= 4 is 17.6 Å². The van der Waals surface area contributed by atoms with Gasteiger partial charge in [-0.2, -0.15) is 5.10 Å². The number of anilines is 1. The van der Waals surface area contributed by atoms with Gasteiger partial charge in [-0.25, -0.2) is 9.48 Å². The fourth-order valence-electron chi connectivity index (χ4n) is 2.45. The Kier molecular flexibility index (Phi) is 7.31. The van der Waals surface area contributed by atoms with Crippen LogP contribution in [-0.2, 0) is 16.1 Å². The Hall–Kier alpha value is -3.16. The van der Waals surface area contributed by atoms with E-state index in [1.165, 1.54) is 30.8 Å². The van der Waals surface area contributed by atoms with E-state index < -0.39 is 18.0 Å². The maximum Gasteiger partial charge on any atom is 0.359 e. The summed E-state index contributed by atoms with van der Waals surface area (Å²) >= 11 is 0. The Labute approximate surface area is 163 Å². The van der Waals surface area contributed by atoms with Crippen molar-refractivity contribution in [3.8, 4) is 5.75 Å². The smallest absolute Gasteiger partial charge is 0.359 e. The monoisotopic (exact) mass is 387 g/mol. The summed E-state index contributed by atoms with van der Waals surface area (Å²) in [7, 11) is 1.50. The number of nitrogens with one attached hydrogen (secondary N) is 1. The van der Waals surface area contributed by atoms with Crippen molar-refractivity contribution in [2.75, 3.05) is 12.4 Å². The minimum Gasteiger partial charge on any atom is -0.495 e. The molecule has 8 heteroatoms. The highest BCUT2D eigenvalue weighted by atomic mass is 16.5. The highest BCUT2D eigenvalue weighted by Gasteiger charge is 2.21. The van der Waals surface area contributed by atoms with Crippen molar-refractivity contribution in [2.45, 2.75) is 46.3 Å². The number of hydrogen-bond donors (Lipinski definition) is 1. The van der Waals surface area contributed by atoms with Gasteiger partial charge in [0.1, 0.15) is 5.75 Å². The van der Waals surface area contributed by atoms with Gasteiger partial charge in [0.05, 0.1) is 12.8 Å². The number of esters is 1. The number of methoxy groups -OCH3 is 1. The number of amides is 1. The lowest BCUT2D eigenvalue weighted by Gasteiger charge is -2.15. The van der Waals surface area contributed by atoms with Gasteiger partial charge in [0.25, 0.3) is 11.5 Å². The van der Waals surface area contributed by atoms with Crippen molar-refractivity contribution < 1.29 is 19.1 Å². The molecule has 0 aliphatic rings. The number of aromatic nitrogens is 2. The number of hydrogen-bond acceptors (Lipinski definition) is 6. The van der Waals surface area contributed by atoms with E-state index >= 15 is 0 Å². The SMILES string of the molecule is CCCCn1nc(C(=O)OC(C)C(=O)Nc2cc(C)ccc2OC)ccc1=O.